The Labute approximate surface area is 178 Å². The number of carbonyl (C=O) groups is 1. The van der Waals surface area contributed by atoms with Gasteiger partial charge in [0.15, 0.2) is 18.1 Å². The van der Waals surface area contributed by atoms with Crippen LogP contribution in [0.25, 0.3) is 11.5 Å². The van der Waals surface area contributed by atoms with Crippen LogP contribution in [0.15, 0.2) is 63.5 Å². The lowest BCUT2D eigenvalue weighted by Gasteiger charge is -2.06. The molecule has 2 aromatic carbocycles. The van der Waals surface area contributed by atoms with E-state index in [4.69, 9.17) is 13.7 Å². The van der Waals surface area contributed by atoms with Crippen molar-refractivity contribution in [1.29, 1.82) is 0 Å². The van der Waals surface area contributed by atoms with Crippen molar-refractivity contribution >= 4 is 11.6 Å². The molecule has 8 heteroatoms. The molecule has 31 heavy (non-hydrogen) atoms. The maximum atomic E-state index is 12.9. The summed E-state index contributed by atoms with van der Waals surface area (Å²) in [5.74, 6) is 2.69. The van der Waals surface area contributed by atoms with E-state index in [1.54, 1.807) is 31.2 Å². The van der Waals surface area contributed by atoms with Crippen LogP contribution in [0.1, 0.15) is 46.7 Å². The minimum atomic E-state index is -0.289. The summed E-state index contributed by atoms with van der Waals surface area (Å²) in [5.41, 5.74) is 1.83. The minimum Gasteiger partial charge on any atom is -0.484 e. The average molecular weight is 416 g/mol. The van der Waals surface area contributed by atoms with Crippen molar-refractivity contribution in [1.82, 2.24) is 15.1 Å². The molecule has 2 heterocycles. The normalized spacial score (nSPS) is 13.2. The number of anilines is 1. The molecule has 1 fully saturated rings. The number of rotatable bonds is 7. The van der Waals surface area contributed by atoms with Crippen molar-refractivity contribution < 1.29 is 18.5 Å². The van der Waals surface area contributed by atoms with Crippen LogP contribution in [-0.2, 0) is 6.61 Å². The molecule has 1 saturated carbocycles. The van der Waals surface area contributed by atoms with Crippen molar-refractivity contribution in [3.63, 3.8) is 0 Å². The Bertz CT molecular complexity index is 1190. The monoisotopic (exact) mass is 416 g/mol. The smallest absolute Gasteiger partial charge is 0.277 e. The molecule has 0 aliphatic heterocycles. The first-order valence-corrected chi connectivity index (χ1v) is 10.1. The molecule has 156 valence electrons. The van der Waals surface area contributed by atoms with E-state index in [1.807, 2.05) is 30.3 Å². The third-order valence-electron chi connectivity index (χ3n) is 4.88. The Morgan fingerprint density at radius 1 is 1.10 bits per heavy atom. The number of hydrogen-bond acceptors (Lipinski definition) is 7. The van der Waals surface area contributed by atoms with E-state index in [-0.39, 0.29) is 18.4 Å². The molecule has 4 aromatic rings. The van der Waals surface area contributed by atoms with Gasteiger partial charge in [0, 0.05) is 17.2 Å². The molecular formula is C23H20N4O4. The van der Waals surface area contributed by atoms with E-state index in [9.17, 15) is 4.79 Å². The lowest BCUT2D eigenvalue weighted by Crippen LogP contribution is -2.14. The molecule has 8 nitrogen and oxygen atoms in total. The van der Waals surface area contributed by atoms with E-state index in [0.717, 1.165) is 18.4 Å². The molecule has 1 aliphatic carbocycles. The molecule has 0 radical (unpaired) electrons. The van der Waals surface area contributed by atoms with E-state index in [1.165, 1.54) is 0 Å². The van der Waals surface area contributed by atoms with Crippen LogP contribution < -0.4 is 10.1 Å². The number of ether oxygens (including phenoxy) is 1. The number of hydrogen-bond donors (Lipinski definition) is 1. The van der Waals surface area contributed by atoms with Gasteiger partial charge in [0.2, 0.25) is 5.89 Å². The Morgan fingerprint density at radius 2 is 1.87 bits per heavy atom. The van der Waals surface area contributed by atoms with E-state index < -0.39 is 0 Å². The van der Waals surface area contributed by atoms with Gasteiger partial charge in [-0.25, -0.2) is 4.98 Å². The molecule has 0 atom stereocenters. The highest BCUT2D eigenvalue weighted by Gasteiger charge is 2.34. The molecule has 1 amide bonds. The maximum Gasteiger partial charge on any atom is 0.277 e. The minimum absolute atomic E-state index is 0.179. The van der Waals surface area contributed by atoms with Crippen molar-refractivity contribution in [2.45, 2.75) is 32.3 Å². The molecule has 1 N–H and O–H groups in total. The highest BCUT2D eigenvalue weighted by atomic mass is 16.5. The molecule has 5 rings (SSSR count). The number of oxazole rings is 1. The Balaban J connectivity index is 1.28. The first-order chi connectivity index (χ1) is 15.2. The van der Waals surface area contributed by atoms with Gasteiger partial charge in [-0.3, -0.25) is 4.79 Å². The molecule has 2 aromatic heterocycles. The fourth-order valence-electron chi connectivity index (χ4n) is 3.19. The molecular weight excluding hydrogens is 396 g/mol. The number of aromatic nitrogens is 3. The van der Waals surface area contributed by atoms with Crippen LogP contribution in [0, 0.1) is 6.92 Å². The van der Waals surface area contributed by atoms with Gasteiger partial charge in [0.1, 0.15) is 11.5 Å². The van der Waals surface area contributed by atoms with Crippen LogP contribution in [0.5, 0.6) is 5.75 Å². The van der Waals surface area contributed by atoms with Crippen LogP contribution in [0.4, 0.5) is 5.69 Å². The molecule has 0 bridgehead atoms. The standard InChI is InChI=1S/C23H20N4O4/c1-14-24-19(31-27-14)13-29-18-11-9-17(10-12-18)25-22(28)20-21(15-7-8-15)30-23(26-20)16-5-3-2-4-6-16/h2-6,9-12,15H,7-8,13H2,1H3,(H,25,28). The third kappa shape index (κ3) is 4.32. The van der Waals surface area contributed by atoms with Crippen LogP contribution >= 0.6 is 0 Å². The van der Waals surface area contributed by atoms with Gasteiger partial charge in [0.05, 0.1) is 0 Å². The van der Waals surface area contributed by atoms with Gasteiger partial charge in [0.25, 0.3) is 11.8 Å². The second-order valence-corrected chi connectivity index (χ2v) is 7.37. The van der Waals surface area contributed by atoms with E-state index in [2.05, 4.69) is 20.4 Å². The Kier molecular flexibility index (Phi) is 4.95. The van der Waals surface area contributed by atoms with Gasteiger partial charge in [-0.05, 0) is 56.2 Å². The SMILES string of the molecule is Cc1noc(COc2ccc(NC(=O)c3nc(-c4ccccc4)oc3C3CC3)cc2)n1. The predicted molar refractivity (Wildman–Crippen MR) is 112 cm³/mol. The number of amides is 1. The van der Waals surface area contributed by atoms with Gasteiger partial charge in [-0.15, -0.1) is 0 Å². The largest absolute Gasteiger partial charge is 0.484 e. The maximum absolute atomic E-state index is 12.9. The fraction of sp³-hybridized carbons (Fsp3) is 0.217. The number of aryl methyl sites for hydroxylation is 1. The zero-order chi connectivity index (χ0) is 21.2. The zero-order valence-corrected chi connectivity index (χ0v) is 16.9. The summed E-state index contributed by atoms with van der Waals surface area (Å²) >= 11 is 0. The first-order valence-electron chi connectivity index (χ1n) is 10.1. The number of benzene rings is 2. The molecule has 0 spiro atoms. The molecule has 0 unspecified atom stereocenters. The topological polar surface area (TPSA) is 103 Å². The van der Waals surface area contributed by atoms with Gasteiger partial charge in [-0.1, -0.05) is 23.4 Å². The predicted octanol–water partition coefficient (Wildman–Crippen LogP) is 4.74. The summed E-state index contributed by atoms with van der Waals surface area (Å²) in [6.07, 6.45) is 2.02. The Morgan fingerprint density at radius 3 is 2.55 bits per heavy atom. The number of carbonyl (C=O) groups excluding carboxylic acids is 1. The van der Waals surface area contributed by atoms with E-state index >= 15 is 0 Å². The van der Waals surface area contributed by atoms with Gasteiger partial charge >= 0.3 is 0 Å². The van der Waals surface area contributed by atoms with Crippen molar-refractivity contribution in [2.75, 3.05) is 5.32 Å². The number of nitrogens with one attached hydrogen (secondary N) is 1. The Hall–Kier alpha value is -3.94. The molecule has 1 aliphatic rings. The van der Waals surface area contributed by atoms with Crippen molar-refractivity contribution in [3.05, 3.63) is 77.8 Å². The second kappa shape index (κ2) is 8.06. The summed E-state index contributed by atoms with van der Waals surface area (Å²) in [6.45, 7) is 1.93. The summed E-state index contributed by atoms with van der Waals surface area (Å²) in [5, 5.41) is 6.61. The van der Waals surface area contributed by atoms with Crippen LogP contribution in [0.2, 0.25) is 0 Å². The van der Waals surface area contributed by atoms with Gasteiger partial charge < -0.3 is 19.0 Å². The van der Waals surface area contributed by atoms with Crippen LogP contribution in [0.3, 0.4) is 0 Å². The highest BCUT2D eigenvalue weighted by Crippen LogP contribution is 2.43. The lowest BCUT2D eigenvalue weighted by molar-refractivity contribution is 0.102. The van der Waals surface area contributed by atoms with Crippen molar-refractivity contribution in [3.8, 4) is 17.2 Å². The number of nitrogens with zero attached hydrogens (tertiary/aromatic N) is 3. The second-order valence-electron chi connectivity index (χ2n) is 7.37. The quantitative estimate of drug-likeness (QED) is 0.464. The zero-order valence-electron chi connectivity index (χ0n) is 16.9. The average Bonchev–Trinajstić information content (AvgIpc) is 3.40. The summed E-state index contributed by atoms with van der Waals surface area (Å²) in [6, 6.07) is 16.6. The summed E-state index contributed by atoms with van der Waals surface area (Å²) in [4.78, 5) is 21.5. The highest BCUT2D eigenvalue weighted by molar-refractivity contribution is 6.04. The lowest BCUT2D eigenvalue weighted by atomic mass is 10.2. The van der Waals surface area contributed by atoms with E-state index in [0.29, 0.717) is 40.5 Å². The first kappa shape index (κ1) is 19.0. The van der Waals surface area contributed by atoms with Gasteiger partial charge in [-0.2, -0.15) is 4.98 Å². The molecule has 0 saturated heterocycles. The fourth-order valence-corrected chi connectivity index (χ4v) is 3.19. The van der Waals surface area contributed by atoms with Crippen molar-refractivity contribution in [2.24, 2.45) is 0 Å². The third-order valence-corrected chi connectivity index (χ3v) is 4.88. The summed E-state index contributed by atoms with van der Waals surface area (Å²) in [7, 11) is 0. The van der Waals surface area contributed by atoms with Crippen LogP contribution in [-0.4, -0.2) is 21.0 Å². The summed E-state index contributed by atoms with van der Waals surface area (Å²) < 4.78 is 16.6.